The van der Waals surface area contributed by atoms with Gasteiger partial charge in [-0.3, -0.25) is 4.90 Å². The standard InChI is InChI=1S/C16H22BF3IN2O2.K/c1-16(2,3)25-15(24)23-6-4-22(5-7-23)11-12-8-13(17(18,19)20)10-14(21)9-12;/h8-10H,4-7,11H2,1-3H3;/q-1;+1. The van der Waals surface area contributed by atoms with Crippen molar-refractivity contribution in [2.75, 3.05) is 26.2 Å². The number of hydrogen-bond acceptors (Lipinski definition) is 3. The predicted octanol–water partition coefficient (Wildman–Crippen LogP) is 0.402. The van der Waals surface area contributed by atoms with Crippen molar-refractivity contribution >= 4 is 41.1 Å². The van der Waals surface area contributed by atoms with Crippen molar-refractivity contribution in [1.29, 1.82) is 0 Å². The molecule has 10 heteroatoms. The molecule has 0 radical (unpaired) electrons. The number of benzene rings is 1. The Morgan fingerprint density at radius 3 is 2.23 bits per heavy atom. The first-order valence-electron chi connectivity index (χ1n) is 8.14. The van der Waals surface area contributed by atoms with Gasteiger partial charge in [0.1, 0.15) is 5.60 Å². The molecule has 0 unspecified atom stereocenters. The van der Waals surface area contributed by atoms with Crippen molar-refractivity contribution in [3.8, 4) is 0 Å². The van der Waals surface area contributed by atoms with Gasteiger partial charge in [0.05, 0.1) is 0 Å². The average molecular weight is 508 g/mol. The minimum absolute atomic E-state index is 0. The van der Waals surface area contributed by atoms with Crippen LogP contribution in [-0.4, -0.2) is 54.7 Å². The SMILES string of the molecule is CC(C)(C)OC(=O)N1CCN(Cc2cc(I)cc([B-](F)(F)F)c2)CC1.[K+]. The van der Waals surface area contributed by atoms with E-state index in [0.717, 1.165) is 0 Å². The number of halogens is 4. The van der Waals surface area contributed by atoms with E-state index in [1.165, 1.54) is 12.1 Å². The van der Waals surface area contributed by atoms with Gasteiger partial charge in [0.2, 0.25) is 0 Å². The zero-order valence-electron chi connectivity index (χ0n) is 15.6. The van der Waals surface area contributed by atoms with E-state index in [1.807, 2.05) is 43.4 Å². The van der Waals surface area contributed by atoms with E-state index in [2.05, 4.69) is 4.90 Å². The maximum absolute atomic E-state index is 13.0. The number of hydrogen-bond donors (Lipinski definition) is 0. The van der Waals surface area contributed by atoms with Gasteiger partial charge in [-0.05, 0) is 55.0 Å². The molecule has 1 aromatic rings. The minimum Gasteiger partial charge on any atom is -0.445 e. The maximum Gasteiger partial charge on any atom is 1.00 e. The van der Waals surface area contributed by atoms with Crippen LogP contribution in [0.5, 0.6) is 0 Å². The van der Waals surface area contributed by atoms with Gasteiger partial charge in [0.25, 0.3) is 0 Å². The van der Waals surface area contributed by atoms with E-state index >= 15 is 0 Å². The molecule has 0 aliphatic carbocycles. The van der Waals surface area contributed by atoms with Crippen LogP contribution in [0.15, 0.2) is 18.2 Å². The zero-order chi connectivity index (χ0) is 18.8. The fourth-order valence-corrected chi connectivity index (χ4v) is 3.39. The summed E-state index contributed by atoms with van der Waals surface area (Å²) in [6.45, 7) is 3.13. The normalized spacial score (nSPS) is 16.2. The van der Waals surface area contributed by atoms with Crippen molar-refractivity contribution < 1.29 is 73.9 Å². The molecule has 1 amide bonds. The van der Waals surface area contributed by atoms with E-state index in [0.29, 0.717) is 41.9 Å². The summed E-state index contributed by atoms with van der Waals surface area (Å²) in [7, 11) is 0. The first-order valence-corrected chi connectivity index (χ1v) is 9.21. The summed E-state index contributed by atoms with van der Waals surface area (Å²) < 4.78 is 44.9. The van der Waals surface area contributed by atoms with Gasteiger partial charge < -0.3 is 22.6 Å². The van der Waals surface area contributed by atoms with Crippen molar-refractivity contribution in [1.82, 2.24) is 9.80 Å². The Hall–Kier alpha value is 0.671. The summed E-state index contributed by atoms with van der Waals surface area (Å²) >= 11 is 1.91. The Kier molecular flexibility index (Phi) is 9.44. The van der Waals surface area contributed by atoms with Crippen molar-refractivity contribution in [3.63, 3.8) is 0 Å². The molecule has 1 saturated heterocycles. The van der Waals surface area contributed by atoms with E-state index in [4.69, 9.17) is 4.74 Å². The average Bonchev–Trinajstić information content (AvgIpc) is 2.44. The van der Waals surface area contributed by atoms with Crippen LogP contribution in [0, 0.1) is 3.57 Å². The zero-order valence-corrected chi connectivity index (χ0v) is 20.8. The fraction of sp³-hybridized carbons (Fsp3) is 0.562. The number of carbonyl (C=O) groups is 1. The molecule has 1 heterocycles. The first kappa shape index (κ1) is 24.7. The number of rotatable bonds is 3. The number of carbonyl (C=O) groups excluding carboxylic acids is 1. The fourth-order valence-electron chi connectivity index (χ4n) is 2.63. The number of piperazine rings is 1. The largest absolute Gasteiger partial charge is 1.00 e. The molecular formula is C16H22BF3IKN2O2. The van der Waals surface area contributed by atoms with Crippen molar-refractivity contribution in [2.45, 2.75) is 32.9 Å². The second kappa shape index (κ2) is 9.93. The molecule has 4 nitrogen and oxygen atoms in total. The maximum atomic E-state index is 13.0. The number of nitrogens with zero attached hydrogens (tertiary/aromatic N) is 2. The topological polar surface area (TPSA) is 32.8 Å². The van der Waals surface area contributed by atoms with Crippen LogP contribution in [0.3, 0.4) is 0 Å². The first-order chi connectivity index (χ1) is 11.4. The Bertz CT molecular complexity index is 633. The summed E-state index contributed by atoms with van der Waals surface area (Å²) in [5.74, 6) is 0. The van der Waals surface area contributed by atoms with Gasteiger partial charge in [-0.2, -0.15) is 0 Å². The summed E-state index contributed by atoms with van der Waals surface area (Å²) in [6, 6.07) is 4.17. The molecule has 0 spiro atoms. The molecule has 26 heavy (non-hydrogen) atoms. The third kappa shape index (κ3) is 7.96. The van der Waals surface area contributed by atoms with Crippen LogP contribution in [0.25, 0.3) is 0 Å². The smallest absolute Gasteiger partial charge is 0.445 e. The predicted molar refractivity (Wildman–Crippen MR) is 101 cm³/mol. The second-order valence-corrected chi connectivity index (χ2v) is 8.46. The molecule has 0 bridgehead atoms. The molecule has 1 aliphatic rings. The molecule has 1 aromatic carbocycles. The van der Waals surface area contributed by atoms with Crippen molar-refractivity contribution in [3.05, 3.63) is 27.3 Å². The Morgan fingerprint density at radius 2 is 1.73 bits per heavy atom. The third-order valence-corrected chi connectivity index (χ3v) is 4.41. The number of amides is 1. The summed E-state index contributed by atoms with van der Waals surface area (Å²) in [6.07, 6.45) is -0.344. The number of ether oxygens (including phenoxy) is 1. The van der Waals surface area contributed by atoms with E-state index in [1.54, 1.807) is 11.0 Å². The van der Waals surface area contributed by atoms with Gasteiger partial charge in [-0.15, -0.1) is 5.46 Å². The van der Waals surface area contributed by atoms with Gasteiger partial charge in [0.15, 0.2) is 0 Å². The van der Waals surface area contributed by atoms with Crippen LogP contribution < -0.4 is 56.8 Å². The van der Waals surface area contributed by atoms with E-state index in [-0.39, 0.29) is 57.5 Å². The molecule has 2 rings (SSSR count). The monoisotopic (exact) mass is 508 g/mol. The van der Waals surface area contributed by atoms with Gasteiger partial charge >= 0.3 is 64.5 Å². The summed E-state index contributed by atoms with van der Waals surface area (Å²) in [4.78, 5) is 15.7. The van der Waals surface area contributed by atoms with Crippen molar-refractivity contribution in [2.24, 2.45) is 0 Å². The summed E-state index contributed by atoms with van der Waals surface area (Å²) in [5, 5.41) is 0. The molecule has 140 valence electrons. The molecule has 0 saturated carbocycles. The Balaban J connectivity index is 0.00000338. The van der Waals surface area contributed by atoms with Crippen LogP contribution in [0.2, 0.25) is 0 Å². The van der Waals surface area contributed by atoms with Crippen LogP contribution in [-0.2, 0) is 11.3 Å². The van der Waals surface area contributed by atoms with Crippen LogP contribution >= 0.6 is 22.6 Å². The van der Waals surface area contributed by atoms with Crippen LogP contribution in [0.1, 0.15) is 26.3 Å². The van der Waals surface area contributed by atoms with Crippen LogP contribution in [0.4, 0.5) is 17.7 Å². The quantitative estimate of drug-likeness (QED) is 0.438. The summed E-state index contributed by atoms with van der Waals surface area (Å²) in [5.41, 5.74) is -0.453. The van der Waals surface area contributed by atoms with E-state index < -0.39 is 18.0 Å². The molecule has 0 atom stereocenters. The molecule has 1 fully saturated rings. The minimum atomic E-state index is -5.00. The molecule has 1 aliphatic heterocycles. The third-order valence-electron chi connectivity index (χ3n) is 3.79. The van der Waals surface area contributed by atoms with E-state index in [9.17, 15) is 17.7 Å². The second-order valence-electron chi connectivity index (χ2n) is 7.21. The van der Waals surface area contributed by atoms with Gasteiger partial charge in [0, 0.05) is 36.3 Å². The Labute approximate surface area is 208 Å². The Morgan fingerprint density at radius 1 is 1.15 bits per heavy atom. The van der Waals surface area contributed by atoms with Gasteiger partial charge in [-0.25, -0.2) is 4.79 Å². The van der Waals surface area contributed by atoms with Gasteiger partial charge in [-0.1, -0.05) is 12.1 Å². The molecular weight excluding hydrogens is 486 g/mol. The molecule has 0 aromatic heterocycles. The molecule has 0 N–H and O–H groups in total.